The number of carbonyl (C=O) groups excluding carboxylic acids is 1. The van der Waals surface area contributed by atoms with Crippen LogP contribution in [-0.2, 0) is 4.74 Å². The molecule has 2 heterocycles. The van der Waals surface area contributed by atoms with Gasteiger partial charge in [-0.1, -0.05) is 18.3 Å². The van der Waals surface area contributed by atoms with Crippen molar-refractivity contribution >= 4 is 17.4 Å². The van der Waals surface area contributed by atoms with Gasteiger partial charge in [-0.05, 0) is 17.5 Å². The Bertz CT molecular complexity index is 421. The van der Waals surface area contributed by atoms with Crippen molar-refractivity contribution < 1.29 is 14.6 Å². The van der Waals surface area contributed by atoms with Crippen LogP contribution < -0.4 is 0 Å². The lowest BCUT2D eigenvalue weighted by atomic mass is 10.1. The van der Waals surface area contributed by atoms with Gasteiger partial charge in [-0.2, -0.15) is 0 Å². The Morgan fingerprint density at radius 1 is 1.67 bits per heavy atom. The molecule has 1 atom stereocenters. The van der Waals surface area contributed by atoms with E-state index in [1.807, 2.05) is 13.8 Å². The quantitative estimate of drug-likeness (QED) is 0.866. The number of aliphatic hydroxyl groups excluding tert-OH is 1. The van der Waals surface area contributed by atoms with Crippen LogP contribution in [0.1, 0.15) is 35.1 Å². The van der Waals surface area contributed by atoms with Crippen molar-refractivity contribution in [3.8, 4) is 0 Å². The van der Waals surface area contributed by atoms with Crippen LogP contribution in [0.2, 0.25) is 0 Å². The summed E-state index contributed by atoms with van der Waals surface area (Å²) in [6.07, 6.45) is -0.286. The Morgan fingerprint density at radius 2 is 2.44 bits per heavy atom. The van der Waals surface area contributed by atoms with Crippen LogP contribution in [0.3, 0.4) is 0 Å². The molecule has 0 aliphatic carbocycles. The smallest absolute Gasteiger partial charge is 0.267 e. The van der Waals surface area contributed by atoms with E-state index in [0.29, 0.717) is 24.6 Å². The first-order chi connectivity index (χ1) is 8.63. The van der Waals surface area contributed by atoms with Gasteiger partial charge in [0.1, 0.15) is 4.88 Å². The van der Waals surface area contributed by atoms with Gasteiger partial charge in [0.25, 0.3) is 5.91 Å². The maximum absolute atomic E-state index is 12.4. The Hall–Kier alpha value is -1.05. The molecule has 18 heavy (non-hydrogen) atoms. The predicted molar refractivity (Wildman–Crippen MR) is 66.7 cm³/mol. The molecule has 2 rings (SSSR count). The van der Waals surface area contributed by atoms with Gasteiger partial charge >= 0.3 is 0 Å². The lowest BCUT2D eigenvalue weighted by molar-refractivity contribution is -0.0446. The molecule has 0 bridgehead atoms. The fourth-order valence-corrected chi connectivity index (χ4v) is 2.67. The minimum absolute atomic E-state index is 0.0598. The maximum Gasteiger partial charge on any atom is 0.267 e. The molecule has 1 amide bonds. The molecule has 7 heteroatoms. The van der Waals surface area contributed by atoms with E-state index in [1.165, 1.54) is 0 Å². The molecule has 1 fully saturated rings. The van der Waals surface area contributed by atoms with Crippen molar-refractivity contribution in [2.45, 2.75) is 25.9 Å². The van der Waals surface area contributed by atoms with Gasteiger partial charge in [0.15, 0.2) is 0 Å². The number of amides is 1. The molecule has 6 nitrogen and oxygen atoms in total. The number of rotatable bonds is 3. The third kappa shape index (κ3) is 2.68. The number of hydrogen-bond acceptors (Lipinski definition) is 6. The summed E-state index contributed by atoms with van der Waals surface area (Å²) in [5.41, 5.74) is 0.747. The highest BCUT2D eigenvalue weighted by molar-refractivity contribution is 7.08. The Labute approximate surface area is 110 Å². The minimum Gasteiger partial charge on any atom is -0.394 e. The number of hydrogen-bond donors (Lipinski definition) is 1. The van der Waals surface area contributed by atoms with Crippen molar-refractivity contribution in [1.82, 2.24) is 14.5 Å². The molecule has 1 saturated heterocycles. The second-order valence-corrected chi connectivity index (χ2v) is 5.32. The van der Waals surface area contributed by atoms with Crippen LogP contribution >= 0.6 is 11.5 Å². The molecule has 1 aliphatic rings. The second kappa shape index (κ2) is 5.73. The van der Waals surface area contributed by atoms with Gasteiger partial charge in [-0.15, -0.1) is 5.10 Å². The highest BCUT2D eigenvalue weighted by Crippen LogP contribution is 2.22. The third-order valence-electron chi connectivity index (χ3n) is 2.88. The molecule has 1 aromatic heterocycles. The fourth-order valence-electron chi connectivity index (χ4n) is 1.88. The van der Waals surface area contributed by atoms with Gasteiger partial charge in [0, 0.05) is 13.1 Å². The van der Waals surface area contributed by atoms with Gasteiger partial charge in [0.2, 0.25) is 0 Å². The number of aliphatic hydroxyl groups is 1. The summed E-state index contributed by atoms with van der Waals surface area (Å²) in [4.78, 5) is 14.7. The van der Waals surface area contributed by atoms with Gasteiger partial charge < -0.3 is 14.7 Å². The fraction of sp³-hybridized carbons (Fsp3) is 0.727. The first kappa shape index (κ1) is 13.4. The van der Waals surface area contributed by atoms with Crippen LogP contribution in [0.4, 0.5) is 0 Å². The molecular formula is C11H17N3O3S. The highest BCUT2D eigenvalue weighted by Gasteiger charge is 2.28. The zero-order valence-corrected chi connectivity index (χ0v) is 11.3. The van der Waals surface area contributed by atoms with Gasteiger partial charge in [-0.25, -0.2) is 0 Å². The van der Waals surface area contributed by atoms with E-state index >= 15 is 0 Å². The lowest BCUT2D eigenvalue weighted by Crippen LogP contribution is -2.46. The number of ether oxygens (including phenoxy) is 1. The van der Waals surface area contributed by atoms with E-state index in [0.717, 1.165) is 17.2 Å². The van der Waals surface area contributed by atoms with E-state index < -0.39 is 0 Å². The molecule has 1 N–H and O–H groups in total. The highest BCUT2D eigenvalue weighted by atomic mass is 32.1. The second-order valence-electron chi connectivity index (χ2n) is 4.57. The normalized spacial score (nSPS) is 20.4. The zero-order valence-electron chi connectivity index (χ0n) is 10.5. The topological polar surface area (TPSA) is 75.6 Å². The van der Waals surface area contributed by atoms with Gasteiger partial charge in [0.05, 0.1) is 25.0 Å². The monoisotopic (exact) mass is 271 g/mol. The average Bonchev–Trinajstić information content (AvgIpc) is 2.87. The number of nitrogens with zero attached hydrogens (tertiary/aromatic N) is 3. The summed E-state index contributed by atoms with van der Waals surface area (Å²) in [5, 5.41) is 13.1. The summed E-state index contributed by atoms with van der Waals surface area (Å²) in [6, 6.07) is 0. The molecular weight excluding hydrogens is 254 g/mol. The Morgan fingerprint density at radius 3 is 3.11 bits per heavy atom. The molecule has 1 aromatic rings. The number of morpholine rings is 1. The first-order valence-corrected chi connectivity index (χ1v) is 6.74. The summed E-state index contributed by atoms with van der Waals surface area (Å²) in [7, 11) is 0. The first-order valence-electron chi connectivity index (χ1n) is 5.97. The van der Waals surface area contributed by atoms with Crippen LogP contribution in [0.5, 0.6) is 0 Å². The van der Waals surface area contributed by atoms with Gasteiger partial charge in [-0.3, -0.25) is 4.79 Å². The predicted octanol–water partition coefficient (Wildman–Crippen LogP) is 0.495. The maximum atomic E-state index is 12.4. The van der Waals surface area contributed by atoms with Crippen LogP contribution in [0.25, 0.3) is 0 Å². The van der Waals surface area contributed by atoms with E-state index in [9.17, 15) is 4.79 Å². The van der Waals surface area contributed by atoms with Crippen molar-refractivity contribution in [2.24, 2.45) is 0 Å². The van der Waals surface area contributed by atoms with Crippen LogP contribution in [-0.4, -0.2) is 57.9 Å². The Kier molecular flexibility index (Phi) is 4.26. The number of carbonyl (C=O) groups is 1. The van der Waals surface area contributed by atoms with Crippen molar-refractivity contribution in [2.75, 3.05) is 26.3 Å². The average molecular weight is 271 g/mol. The largest absolute Gasteiger partial charge is 0.394 e. The summed E-state index contributed by atoms with van der Waals surface area (Å²) >= 11 is 1.13. The SMILES string of the molecule is CC(C)c1nnsc1C(=O)N1CCOC(CO)C1. The Balaban J connectivity index is 2.13. The summed E-state index contributed by atoms with van der Waals surface area (Å²) in [6.45, 7) is 5.34. The van der Waals surface area contributed by atoms with E-state index in [4.69, 9.17) is 9.84 Å². The molecule has 0 radical (unpaired) electrons. The van der Waals surface area contributed by atoms with E-state index in [1.54, 1.807) is 4.90 Å². The van der Waals surface area contributed by atoms with Crippen molar-refractivity contribution in [3.05, 3.63) is 10.6 Å². The molecule has 0 spiro atoms. The molecule has 0 saturated carbocycles. The van der Waals surface area contributed by atoms with Crippen molar-refractivity contribution in [3.63, 3.8) is 0 Å². The van der Waals surface area contributed by atoms with Crippen LogP contribution in [0.15, 0.2) is 0 Å². The standard InChI is InChI=1S/C11H17N3O3S/c1-7(2)9-10(18-13-12-9)11(16)14-3-4-17-8(5-14)6-15/h7-8,15H,3-6H2,1-2H3. The van der Waals surface area contributed by atoms with E-state index in [-0.39, 0.29) is 24.5 Å². The lowest BCUT2D eigenvalue weighted by Gasteiger charge is -2.31. The third-order valence-corrected chi connectivity index (χ3v) is 3.61. The number of aromatic nitrogens is 2. The van der Waals surface area contributed by atoms with E-state index in [2.05, 4.69) is 9.59 Å². The van der Waals surface area contributed by atoms with Crippen LogP contribution in [0, 0.1) is 0 Å². The molecule has 1 aliphatic heterocycles. The molecule has 1 unspecified atom stereocenters. The zero-order chi connectivity index (χ0) is 13.1. The van der Waals surface area contributed by atoms with Crippen molar-refractivity contribution in [1.29, 1.82) is 0 Å². The minimum atomic E-state index is -0.286. The summed E-state index contributed by atoms with van der Waals surface area (Å²) < 4.78 is 9.19. The summed E-state index contributed by atoms with van der Waals surface area (Å²) in [5.74, 6) is 0.118. The molecule has 100 valence electrons. The molecule has 0 aromatic carbocycles.